The molecule has 7 heterocycles. The molecule has 2 aromatic heterocycles. The molecule has 4 amide bonds. The second kappa shape index (κ2) is 20.1. The zero-order valence-corrected chi connectivity index (χ0v) is 42.5. The lowest BCUT2D eigenvalue weighted by molar-refractivity contribution is -0.129. The fraction of sp³-hybridized carbons (Fsp3) is 0.455. The molecule has 73 heavy (non-hydrogen) atoms. The molecule has 3 fully saturated rings. The van der Waals surface area contributed by atoms with Crippen LogP contribution in [0.25, 0.3) is 0 Å². The van der Waals surface area contributed by atoms with Gasteiger partial charge in [-0.05, 0) is 144 Å². The number of fused-ring (bicyclic) bond motifs is 2. The summed E-state index contributed by atoms with van der Waals surface area (Å²) < 4.78 is 49.2. The van der Waals surface area contributed by atoms with Crippen LogP contribution in [0, 0.1) is 13.8 Å². The van der Waals surface area contributed by atoms with Crippen LogP contribution in [0.2, 0.25) is 0 Å². The third-order valence-corrected chi connectivity index (χ3v) is 14.8. The highest BCUT2D eigenvalue weighted by Gasteiger charge is 2.48. The van der Waals surface area contributed by atoms with Crippen molar-refractivity contribution in [3.8, 4) is 11.6 Å². The van der Waals surface area contributed by atoms with Gasteiger partial charge in [-0.25, -0.2) is 33.3 Å². The molecule has 0 bridgehead atoms. The minimum Gasteiger partial charge on any atom is -0.497 e. The number of nitrogens with one attached hydrogen (secondary N) is 1. The number of aryl methyl sites for hydroxylation is 1. The van der Waals surface area contributed by atoms with Crippen LogP contribution in [0.4, 0.5) is 52.8 Å². The van der Waals surface area contributed by atoms with Gasteiger partial charge in [-0.1, -0.05) is 24.3 Å². The topological polar surface area (TPSA) is 149 Å². The highest BCUT2D eigenvalue weighted by molar-refractivity contribution is 6.06. The number of methoxy groups -OCH3 is 1. The average molecular weight is 999 g/mol. The molecule has 5 aliphatic rings. The molecule has 0 aliphatic carbocycles. The molecule has 0 spiro atoms. The van der Waals surface area contributed by atoms with Crippen LogP contribution in [0.5, 0.6) is 11.6 Å². The number of imide groups is 1. The number of carbonyl (C=O) groups is 3. The van der Waals surface area contributed by atoms with Gasteiger partial charge >= 0.3 is 12.1 Å². The molecule has 3 saturated heterocycles. The van der Waals surface area contributed by atoms with E-state index in [2.05, 4.69) is 32.3 Å². The van der Waals surface area contributed by atoms with Gasteiger partial charge in [-0.2, -0.15) is 0 Å². The number of halogens is 2. The summed E-state index contributed by atoms with van der Waals surface area (Å²) in [5, 5.41) is 3.38. The number of alkyl halides is 2. The summed E-state index contributed by atoms with van der Waals surface area (Å²) in [4.78, 5) is 64.4. The second-order valence-electron chi connectivity index (χ2n) is 20.8. The van der Waals surface area contributed by atoms with E-state index in [0.717, 1.165) is 65.1 Å². The molecule has 1 unspecified atom stereocenters. The first-order valence-electron chi connectivity index (χ1n) is 25.3. The Balaban J connectivity index is 0.720. The number of amides is 4. The minimum absolute atomic E-state index is 0.145. The largest absolute Gasteiger partial charge is 0.497 e. The summed E-state index contributed by atoms with van der Waals surface area (Å²) in [6.45, 7) is 13.1. The highest BCUT2D eigenvalue weighted by atomic mass is 19.3. The molecule has 18 heteroatoms. The van der Waals surface area contributed by atoms with Crippen molar-refractivity contribution < 1.29 is 37.4 Å². The zero-order chi connectivity index (χ0) is 51.2. The summed E-state index contributed by atoms with van der Waals surface area (Å²) in [6.07, 6.45) is 6.12. The van der Waals surface area contributed by atoms with Crippen molar-refractivity contribution in [2.45, 2.75) is 103 Å². The monoisotopic (exact) mass is 998 g/mol. The Morgan fingerprint density at radius 3 is 2.34 bits per heavy atom. The number of carbonyl (C=O) groups excluding carboxylic acids is 3. The number of benzene rings is 3. The fourth-order valence-electron chi connectivity index (χ4n) is 10.9. The Hall–Kier alpha value is -7.08. The summed E-state index contributed by atoms with van der Waals surface area (Å²) in [5.41, 5.74) is 8.74. The van der Waals surface area contributed by atoms with Gasteiger partial charge in [-0.15, -0.1) is 0 Å². The van der Waals surface area contributed by atoms with E-state index in [1.807, 2.05) is 88.2 Å². The van der Waals surface area contributed by atoms with Gasteiger partial charge in [0.25, 0.3) is 5.92 Å². The van der Waals surface area contributed by atoms with Crippen molar-refractivity contribution in [2.75, 3.05) is 84.4 Å². The predicted molar refractivity (Wildman–Crippen MR) is 276 cm³/mol. The van der Waals surface area contributed by atoms with E-state index in [9.17, 15) is 14.4 Å². The number of piperidine rings is 2. The van der Waals surface area contributed by atoms with Crippen LogP contribution in [-0.2, 0) is 29.0 Å². The van der Waals surface area contributed by atoms with Crippen LogP contribution < -0.4 is 34.4 Å². The third-order valence-electron chi connectivity index (χ3n) is 14.8. The Morgan fingerprint density at radius 1 is 0.863 bits per heavy atom. The normalized spacial score (nSPS) is 19.6. The number of rotatable bonds is 10. The number of anilines is 6. The molecular formula is C55H64F2N10O6. The van der Waals surface area contributed by atoms with E-state index in [1.54, 1.807) is 40.1 Å². The van der Waals surface area contributed by atoms with Gasteiger partial charge in [0, 0.05) is 54.9 Å². The first-order valence-corrected chi connectivity index (χ1v) is 25.3. The third kappa shape index (κ3) is 10.4. The molecule has 5 aromatic rings. The summed E-state index contributed by atoms with van der Waals surface area (Å²) in [6, 6.07) is 19.8. The SMILES string of the molecule is COc1ccc(CN2C(=O)CCN(c3ccc(N4CCC(N5CCC(c6ccc(Nc7ncc8c(n7)CN(c7cnc9c(c7C)N(C(=O)OC(C)(C)C)CCO9)CC8)cc6)CC5)C(F)(F)C4)cc3C)C2=O)cc1. The maximum atomic E-state index is 16.2. The van der Waals surface area contributed by atoms with E-state index in [-0.39, 0.29) is 37.9 Å². The number of likely N-dealkylation sites (tertiary alicyclic amines) is 1. The molecule has 1 atom stereocenters. The molecule has 3 aromatic carbocycles. The molecule has 10 rings (SSSR count). The zero-order valence-electron chi connectivity index (χ0n) is 42.5. The first kappa shape index (κ1) is 49.5. The van der Waals surface area contributed by atoms with Crippen molar-refractivity contribution in [1.82, 2.24) is 24.8 Å². The number of nitrogens with zero attached hydrogens (tertiary/aromatic N) is 9. The van der Waals surface area contributed by atoms with E-state index in [4.69, 9.17) is 19.2 Å². The van der Waals surface area contributed by atoms with Crippen LogP contribution in [0.3, 0.4) is 0 Å². The van der Waals surface area contributed by atoms with Crippen molar-refractivity contribution in [3.05, 3.63) is 113 Å². The Kier molecular flexibility index (Phi) is 13.6. The maximum absolute atomic E-state index is 16.2. The van der Waals surface area contributed by atoms with Crippen molar-refractivity contribution in [2.24, 2.45) is 0 Å². The van der Waals surface area contributed by atoms with Crippen LogP contribution in [-0.4, -0.2) is 120 Å². The molecule has 0 saturated carbocycles. The molecule has 16 nitrogen and oxygen atoms in total. The van der Waals surface area contributed by atoms with Crippen molar-refractivity contribution in [3.63, 3.8) is 0 Å². The van der Waals surface area contributed by atoms with Gasteiger partial charge in [0.2, 0.25) is 17.7 Å². The van der Waals surface area contributed by atoms with E-state index in [0.29, 0.717) is 80.4 Å². The summed E-state index contributed by atoms with van der Waals surface area (Å²) in [7, 11) is 1.58. The van der Waals surface area contributed by atoms with Crippen LogP contribution in [0.1, 0.15) is 85.9 Å². The molecular weight excluding hydrogens is 935 g/mol. The Labute approximate surface area is 425 Å². The van der Waals surface area contributed by atoms with Gasteiger partial charge < -0.3 is 29.3 Å². The van der Waals surface area contributed by atoms with Gasteiger partial charge in [0.15, 0.2) is 0 Å². The number of hydrogen-bond acceptors (Lipinski definition) is 13. The smallest absolute Gasteiger partial charge is 0.415 e. The number of aromatic nitrogens is 3. The number of urea groups is 1. The number of ether oxygens (including phenoxy) is 3. The van der Waals surface area contributed by atoms with E-state index < -0.39 is 29.7 Å². The van der Waals surface area contributed by atoms with E-state index >= 15 is 8.78 Å². The van der Waals surface area contributed by atoms with Crippen LogP contribution >= 0.6 is 0 Å². The lowest BCUT2D eigenvalue weighted by atomic mass is 9.87. The number of hydrogen-bond donors (Lipinski definition) is 1. The lowest BCUT2D eigenvalue weighted by Gasteiger charge is -2.46. The molecule has 384 valence electrons. The average Bonchev–Trinajstić information content (AvgIpc) is 3.37. The van der Waals surface area contributed by atoms with Gasteiger partial charge in [0.1, 0.15) is 23.6 Å². The number of pyridine rings is 1. The fourth-order valence-corrected chi connectivity index (χ4v) is 10.9. The lowest BCUT2D eigenvalue weighted by Crippen LogP contribution is -2.59. The second-order valence-corrected chi connectivity index (χ2v) is 20.8. The Bertz CT molecular complexity index is 2870. The van der Waals surface area contributed by atoms with Gasteiger partial charge in [-0.3, -0.25) is 24.4 Å². The van der Waals surface area contributed by atoms with Crippen molar-refractivity contribution >= 4 is 52.4 Å². The predicted octanol–water partition coefficient (Wildman–Crippen LogP) is 9.39. The quantitative estimate of drug-likeness (QED) is 0.142. The maximum Gasteiger partial charge on any atom is 0.415 e. The van der Waals surface area contributed by atoms with Crippen molar-refractivity contribution in [1.29, 1.82) is 0 Å². The Morgan fingerprint density at radius 2 is 1.63 bits per heavy atom. The minimum atomic E-state index is -2.93. The first-order chi connectivity index (χ1) is 35.0. The molecule has 1 N–H and O–H groups in total. The molecule has 0 radical (unpaired) electrons. The van der Waals surface area contributed by atoms with Crippen LogP contribution in [0.15, 0.2) is 79.1 Å². The summed E-state index contributed by atoms with van der Waals surface area (Å²) >= 11 is 0. The van der Waals surface area contributed by atoms with Gasteiger partial charge in [0.05, 0.1) is 56.9 Å². The summed E-state index contributed by atoms with van der Waals surface area (Å²) in [5.74, 6) is -1.30. The standard InChI is InChI=1S/C55H64F2N10O6/c1-35-29-42(13-16-45(35)65-26-21-48(68)67(52(65)69)32-37-7-14-43(71-6)15-8-37)64-25-20-47(55(56,57)34-64)62-22-17-39(18-23-62)38-9-11-41(12-10-38)60-51-59-30-40-19-24-63(33-44(40)61-51)46-31-58-50-49(36(46)2)66(27-28-72-50)53(70)73-54(3,4)5/h7-16,29-31,39,47H,17-28,32-34H2,1-6H3,(H,59,60,61). The highest BCUT2D eigenvalue weighted by Crippen LogP contribution is 2.41. The van der Waals surface area contributed by atoms with E-state index in [1.165, 1.54) is 10.5 Å². The molecule has 5 aliphatic heterocycles.